The van der Waals surface area contributed by atoms with E-state index in [-0.39, 0.29) is 0 Å². The minimum atomic E-state index is 0.902. The van der Waals surface area contributed by atoms with Crippen molar-refractivity contribution >= 4 is 31.9 Å². The molecule has 0 nitrogen and oxygen atoms in total. The lowest BCUT2D eigenvalue weighted by Crippen LogP contribution is -1.83. The molecule has 0 amide bonds. The predicted molar refractivity (Wildman–Crippen MR) is 77.1 cm³/mol. The molecule has 0 aliphatic rings. The summed E-state index contributed by atoms with van der Waals surface area (Å²) in [6, 6.07) is 17.2. The van der Waals surface area contributed by atoms with E-state index in [9.17, 15) is 0 Å². The lowest BCUT2D eigenvalue weighted by atomic mass is 10.0. The minimum Gasteiger partial charge on any atom is -0.0876 e. The monoisotopic (exact) mass is 338 g/mol. The molecule has 0 unspecified atom stereocenters. The standard InChI is InChI=1S/C14H12Br2/c15-9-11-3-1-5-13(7-11)14-6-2-4-12(8-14)10-16/h1-8H,9-10H2. The first kappa shape index (κ1) is 11.9. The molecule has 2 aromatic carbocycles. The van der Waals surface area contributed by atoms with E-state index in [1.165, 1.54) is 22.3 Å². The van der Waals surface area contributed by atoms with Gasteiger partial charge in [0.15, 0.2) is 0 Å². The lowest BCUT2D eigenvalue weighted by molar-refractivity contribution is 1.41. The van der Waals surface area contributed by atoms with Gasteiger partial charge in [0, 0.05) is 10.7 Å². The van der Waals surface area contributed by atoms with Gasteiger partial charge in [-0.15, -0.1) is 0 Å². The Kier molecular flexibility index (Phi) is 4.19. The van der Waals surface area contributed by atoms with E-state index >= 15 is 0 Å². The van der Waals surface area contributed by atoms with E-state index < -0.39 is 0 Å². The summed E-state index contributed by atoms with van der Waals surface area (Å²) in [5.41, 5.74) is 5.17. The van der Waals surface area contributed by atoms with Gasteiger partial charge in [0.25, 0.3) is 0 Å². The van der Waals surface area contributed by atoms with Gasteiger partial charge in [-0.2, -0.15) is 0 Å². The van der Waals surface area contributed by atoms with Crippen LogP contribution in [0.3, 0.4) is 0 Å². The zero-order chi connectivity index (χ0) is 11.4. The van der Waals surface area contributed by atoms with Crippen LogP contribution in [0.15, 0.2) is 48.5 Å². The number of hydrogen-bond donors (Lipinski definition) is 0. The summed E-state index contributed by atoms with van der Waals surface area (Å²) in [6.07, 6.45) is 0. The average Bonchev–Trinajstić information content (AvgIpc) is 2.39. The summed E-state index contributed by atoms with van der Waals surface area (Å²) in [5, 5.41) is 1.80. The largest absolute Gasteiger partial charge is 0.0876 e. The lowest BCUT2D eigenvalue weighted by Gasteiger charge is -2.05. The Balaban J connectivity index is 2.41. The van der Waals surface area contributed by atoms with Crippen LogP contribution in [-0.4, -0.2) is 0 Å². The van der Waals surface area contributed by atoms with Crippen molar-refractivity contribution in [1.82, 2.24) is 0 Å². The Morgan fingerprint density at radius 2 is 1.12 bits per heavy atom. The van der Waals surface area contributed by atoms with Gasteiger partial charge in [0.05, 0.1) is 0 Å². The van der Waals surface area contributed by atoms with Crippen molar-refractivity contribution in [2.45, 2.75) is 10.7 Å². The highest BCUT2D eigenvalue weighted by molar-refractivity contribution is 9.08. The highest BCUT2D eigenvalue weighted by Gasteiger charge is 1.99. The van der Waals surface area contributed by atoms with E-state index in [0.29, 0.717) is 0 Å². The van der Waals surface area contributed by atoms with Crippen LogP contribution in [0.2, 0.25) is 0 Å². The van der Waals surface area contributed by atoms with Crippen LogP contribution in [0, 0.1) is 0 Å². The Bertz CT molecular complexity index is 432. The maximum Gasteiger partial charge on any atom is 0.0283 e. The molecule has 16 heavy (non-hydrogen) atoms. The third kappa shape index (κ3) is 2.74. The topological polar surface area (TPSA) is 0 Å². The fourth-order valence-corrected chi connectivity index (χ4v) is 2.37. The highest BCUT2D eigenvalue weighted by Crippen LogP contribution is 2.23. The van der Waals surface area contributed by atoms with E-state index in [1.807, 2.05) is 0 Å². The molecule has 0 N–H and O–H groups in total. The second-order valence-corrected chi connectivity index (χ2v) is 4.79. The van der Waals surface area contributed by atoms with Crippen LogP contribution in [0.25, 0.3) is 11.1 Å². The van der Waals surface area contributed by atoms with Crippen LogP contribution >= 0.6 is 31.9 Å². The van der Waals surface area contributed by atoms with E-state index in [0.717, 1.165) is 10.7 Å². The van der Waals surface area contributed by atoms with Crippen molar-refractivity contribution in [3.63, 3.8) is 0 Å². The van der Waals surface area contributed by atoms with E-state index in [1.54, 1.807) is 0 Å². The molecule has 0 saturated heterocycles. The Labute approximate surface area is 113 Å². The molecule has 0 radical (unpaired) electrons. The SMILES string of the molecule is BrCc1cccc(-c2cccc(CBr)c2)c1. The molecule has 0 aromatic heterocycles. The summed E-state index contributed by atoms with van der Waals surface area (Å²) in [4.78, 5) is 0. The molecule has 2 rings (SSSR count). The fourth-order valence-electron chi connectivity index (χ4n) is 1.67. The number of hydrogen-bond acceptors (Lipinski definition) is 0. The van der Waals surface area contributed by atoms with Gasteiger partial charge in [0.2, 0.25) is 0 Å². The van der Waals surface area contributed by atoms with Crippen molar-refractivity contribution in [2.75, 3.05) is 0 Å². The zero-order valence-corrected chi connectivity index (χ0v) is 12.0. The number of rotatable bonds is 3. The molecule has 0 bridgehead atoms. The van der Waals surface area contributed by atoms with Gasteiger partial charge in [-0.05, 0) is 22.3 Å². The molecular formula is C14H12Br2. The van der Waals surface area contributed by atoms with Gasteiger partial charge >= 0.3 is 0 Å². The van der Waals surface area contributed by atoms with Crippen molar-refractivity contribution in [3.05, 3.63) is 59.7 Å². The second-order valence-electron chi connectivity index (χ2n) is 3.67. The van der Waals surface area contributed by atoms with Crippen molar-refractivity contribution in [2.24, 2.45) is 0 Å². The number of alkyl halides is 2. The summed E-state index contributed by atoms with van der Waals surface area (Å²) in [5.74, 6) is 0. The van der Waals surface area contributed by atoms with Crippen LogP contribution in [0.5, 0.6) is 0 Å². The molecule has 0 fully saturated rings. The Morgan fingerprint density at radius 1 is 0.688 bits per heavy atom. The highest BCUT2D eigenvalue weighted by atomic mass is 79.9. The second kappa shape index (κ2) is 5.65. The van der Waals surface area contributed by atoms with Crippen LogP contribution < -0.4 is 0 Å². The molecule has 0 aliphatic carbocycles. The fraction of sp³-hybridized carbons (Fsp3) is 0.143. The molecule has 0 atom stereocenters. The molecule has 82 valence electrons. The van der Waals surface area contributed by atoms with Crippen molar-refractivity contribution in [1.29, 1.82) is 0 Å². The summed E-state index contributed by atoms with van der Waals surface area (Å²) >= 11 is 6.97. The maximum atomic E-state index is 3.48. The quantitative estimate of drug-likeness (QED) is 0.679. The predicted octanol–water partition coefficient (Wildman–Crippen LogP) is 5.14. The zero-order valence-electron chi connectivity index (χ0n) is 8.79. The molecular weight excluding hydrogens is 328 g/mol. The normalized spacial score (nSPS) is 10.4. The Hall–Kier alpha value is -0.600. The van der Waals surface area contributed by atoms with Crippen LogP contribution in [0.1, 0.15) is 11.1 Å². The number of benzene rings is 2. The first-order valence-electron chi connectivity index (χ1n) is 5.13. The summed E-state index contributed by atoms with van der Waals surface area (Å²) in [7, 11) is 0. The molecule has 0 aliphatic heterocycles. The molecule has 0 spiro atoms. The first-order valence-corrected chi connectivity index (χ1v) is 7.38. The Morgan fingerprint density at radius 3 is 1.50 bits per heavy atom. The van der Waals surface area contributed by atoms with Gasteiger partial charge in [-0.3, -0.25) is 0 Å². The first-order chi connectivity index (χ1) is 7.83. The molecule has 0 saturated carbocycles. The van der Waals surface area contributed by atoms with Gasteiger partial charge in [0.1, 0.15) is 0 Å². The third-order valence-electron chi connectivity index (χ3n) is 2.50. The van der Waals surface area contributed by atoms with E-state index in [4.69, 9.17) is 0 Å². The van der Waals surface area contributed by atoms with Gasteiger partial charge in [-0.25, -0.2) is 0 Å². The minimum absolute atomic E-state index is 0.902. The van der Waals surface area contributed by atoms with Crippen molar-refractivity contribution in [3.8, 4) is 11.1 Å². The maximum absolute atomic E-state index is 3.48. The van der Waals surface area contributed by atoms with Crippen molar-refractivity contribution < 1.29 is 0 Å². The van der Waals surface area contributed by atoms with E-state index in [2.05, 4.69) is 80.4 Å². The number of halogens is 2. The van der Waals surface area contributed by atoms with Crippen LogP contribution in [0.4, 0.5) is 0 Å². The molecule has 0 heterocycles. The summed E-state index contributed by atoms with van der Waals surface area (Å²) in [6.45, 7) is 0. The smallest absolute Gasteiger partial charge is 0.0283 e. The average molecular weight is 340 g/mol. The van der Waals surface area contributed by atoms with Crippen LogP contribution in [-0.2, 0) is 10.7 Å². The van der Waals surface area contributed by atoms with Gasteiger partial charge < -0.3 is 0 Å². The molecule has 2 aromatic rings. The molecule has 2 heteroatoms. The third-order valence-corrected chi connectivity index (χ3v) is 3.79. The summed E-state index contributed by atoms with van der Waals surface area (Å²) < 4.78 is 0. The van der Waals surface area contributed by atoms with Gasteiger partial charge in [-0.1, -0.05) is 80.4 Å².